The van der Waals surface area contributed by atoms with Crippen molar-refractivity contribution in [3.63, 3.8) is 0 Å². The third-order valence-corrected chi connectivity index (χ3v) is 4.47. The van der Waals surface area contributed by atoms with Crippen molar-refractivity contribution in [2.45, 2.75) is 79.4 Å². The topological polar surface area (TPSA) is 71.1 Å². The van der Waals surface area contributed by atoms with E-state index < -0.39 is 10.8 Å². The van der Waals surface area contributed by atoms with Gasteiger partial charge in [-0.15, -0.1) is 0 Å². The number of carbonyl (C=O) groups excluding carboxylic acids is 2. The number of hydrogen-bond donors (Lipinski definition) is 0. The average Bonchev–Trinajstić information content (AvgIpc) is 2.57. The van der Waals surface area contributed by atoms with Crippen LogP contribution in [0.2, 0.25) is 0 Å². The summed E-state index contributed by atoms with van der Waals surface area (Å²) < 4.78 is 21.3. The van der Waals surface area contributed by atoms with E-state index in [0.717, 1.165) is 12.8 Å². The summed E-state index contributed by atoms with van der Waals surface area (Å²) >= 11 is 0. The molecular weight excluding hydrogens is 324 g/mol. The van der Waals surface area contributed by atoms with E-state index in [0.29, 0.717) is 12.8 Å². The fourth-order valence-electron chi connectivity index (χ4n) is 2.73. The lowest BCUT2D eigenvalue weighted by Gasteiger charge is -2.29. The molecule has 0 aromatic heterocycles. The maximum atomic E-state index is 11.8. The van der Waals surface area contributed by atoms with E-state index >= 15 is 0 Å². The Morgan fingerprint density at radius 1 is 0.760 bits per heavy atom. The van der Waals surface area contributed by atoms with Crippen molar-refractivity contribution in [3.05, 3.63) is 0 Å². The Balaban J connectivity index is 4.53. The third kappa shape index (κ3) is 8.19. The highest BCUT2D eigenvalue weighted by Gasteiger charge is 2.33. The number of ether oxygens (including phenoxy) is 4. The fourth-order valence-corrected chi connectivity index (χ4v) is 2.73. The molecule has 25 heavy (non-hydrogen) atoms. The van der Waals surface area contributed by atoms with Gasteiger partial charge in [0.05, 0.1) is 37.3 Å². The summed E-state index contributed by atoms with van der Waals surface area (Å²) in [4.78, 5) is 23.6. The maximum absolute atomic E-state index is 11.8. The molecule has 0 aromatic rings. The smallest absolute Gasteiger partial charge is 0.311 e. The first-order valence-corrected chi connectivity index (χ1v) is 8.94. The van der Waals surface area contributed by atoms with Crippen LogP contribution in [-0.2, 0) is 28.5 Å². The quantitative estimate of drug-likeness (QED) is 0.390. The van der Waals surface area contributed by atoms with Crippen LogP contribution >= 0.6 is 0 Å². The fraction of sp³-hybridized carbons (Fsp3) is 0.895. The van der Waals surface area contributed by atoms with E-state index in [1.807, 2.05) is 41.5 Å². The molecule has 0 rings (SSSR count). The number of esters is 2. The standard InChI is InChI=1S/C19H36O6/c1-9-14(11-18(3,4)16(20)22-7)24-13-25-15(10-2)12-19(5,6)17(21)23-8/h14-15H,9-13H2,1-8H3. The Labute approximate surface area is 152 Å². The van der Waals surface area contributed by atoms with Crippen LogP contribution < -0.4 is 0 Å². The summed E-state index contributed by atoms with van der Waals surface area (Å²) in [7, 11) is 2.79. The summed E-state index contributed by atoms with van der Waals surface area (Å²) in [5.74, 6) is -0.497. The molecule has 0 aromatic carbocycles. The number of hydrogen-bond acceptors (Lipinski definition) is 6. The number of methoxy groups -OCH3 is 2. The second kappa shape index (κ2) is 10.8. The molecule has 6 heteroatoms. The Morgan fingerprint density at radius 2 is 1.08 bits per heavy atom. The van der Waals surface area contributed by atoms with Gasteiger partial charge in [-0.3, -0.25) is 9.59 Å². The molecule has 2 atom stereocenters. The normalized spacial score (nSPS) is 14.7. The van der Waals surface area contributed by atoms with E-state index in [1.54, 1.807) is 0 Å². The van der Waals surface area contributed by atoms with Crippen molar-refractivity contribution < 1.29 is 28.5 Å². The lowest BCUT2D eigenvalue weighted by atomic mass is 9.86. The van der Waals surface area contributed by atoms with Crippen LogP contribution in [0, 0.1) is 10.8 Å². The van der Waals surface area contributed by atoms with Gasteiger partial charge < -0.3 is 18.9 Å². The number of rotatable bonds is 12. The van der Waals surface area contributed by atoms with Crippen LogP contribution in [0.5, 0.6) is 0 Å². The van der Waals surface area contributed by atoms with Crippen LogP contribution in [0.3, 0.4) is 0 Å². The molecule has 0 amide bonds. The van der Waals surface area contributed by atoms with Crippen molar-refractivity contribution >= 4 is 11.9 Å². The minimum atomic E-state index is -0.605. The van der Waals surface area contributed by atoms with E-state index in [2.05, 4.69) is 0 Å². The molecule has 6 nitrogen and oxygen atoms in total. The van der Waals surface area contributed by atoms with Crippen LogP contribution in [0.25, 0.3) is 0 Å². The number of carbonyl (C=O) groups is 2. The summed E-state index contributed by atoms with van der Waals surface area (Å²) in [6.07, 6.45) is 2.47. The van der Waals surface area contributed by atoms with E-state index in [4.69, 9.17) is 18.9 Å². The van der Waals surface area contributed by atoms with Gasteiger partial charge in [0.25, 0.3) is 0 Å². The Bertz CT molecular complexity index is 378. The van der Waals surface area contributed by atoms with Crippen LogP contribution in [0.1, 0.15) is 67.2 Å². The molecule has 0 aliphatic carbocycles. The molecule has 0 heterocycles. The molecule has 0 spiro atoms. The molecule has 0 bridgehead atoms. The van der Waals surface area contributed by atoms with Crippen molar-refractivity contribution in [3.8, 4) is 0 Å². The van der Waals surface area contributed by atoms with E-state index in [1.165, 1.54) is 14.2 Å². The zero-order valence-electron chi connectivity index (χ0n) is 17.1. The van der Waals surface area contributed by atoms with Gasteiger partial charge in [-0.2, -0.15) is 0 Å². The van der Waals surface area contributed by atoms with Gasteiger partial charge in [-0.05, 0) is 53.4 Å². The predicted octanol–water partition coefficient (Wildman–Crippen LogP) is 3.71. The Kier molecular flexibility index (Phi) is 10.3. The third-order valence-electron chi connectivity index (χ3n) is 4.47. The minimum Gasteiger partial charge on any atom is -0.469 e. The van der Waals surface area contributed by atoms with Crippen molar-refractivity contribution in [2.75, 3.05) is 21.0 Å². The molecule has 0 aliphatic heterocycles. The van der Waals surface area contributed by atoms with Crippen LogP contribution in [0.15, 0.2) is 0 Å². The lowest BCUT2D eigenvalue weighted by molar-refractivity contribution is -0.162. The zero-order chi connectivity index (χ0) is 19.7. The predicted molar refractivity (Wildman–Crippen MR) is 96.0 cm³/mol. The van der Waals surface area contributed by atoms with Gasteiger partial charge in [0.15, 0.2) is 0 Å². The van der Waals surface area contributed by atoms with Crippen molar-refractivity contribution in [1.82, 2.24) is 0 Å². The molecule has 148 valence electrons. The minimum absolute atomic E-state index is 0.0970. The Morgan fingerprint density at radius 3 is 1.32 bits per heavy atom. The summed E-state index contributed by atoms with van der Waals surface area (Å²) in [6.45, 7) is 11.5. The van der Waals surface area contributed by atoms with Crippen LogP contribution in [0.4, 0.5) is 0 Å². The van der Waals surface area contributed by atoms with Gasteiger partial charge in [0.2, 0.25) is 0 Å². The van der Waals surface area contributed by atoms with Gasteiger partial charge in [-0.25, -0.2) is 0 Å². The van der Waals surface area contributed by atoms with Crippen molar-refractivity contribution in [1.29, 1.82) is 0 Å². The summed E-state index contributed by atoms with van der Waals surface area (Å²) in [6, 6.07) is 0. The lowest BCUT2D eigenvalue weighted by Crippen LogP contribution is -2.33. The highest BCUT2D eigenvalue weighted by molar-refractivity contribution is 5.76. The van der Waals surface area contributed by atoms with Gasteiger partial charge in [0.1, 0.15) is 6.79 Å². The van der Waals surface area contributed by atoms with Gasteiger partial charge >= 0.3 is 11.9 Å². The molecule has 0 N–H and O–H groups in total. The molecule has 0 radical (unpaired) electrons. The summed E-state index contributed by atoms with van der Waals surface area (Å²) in [5, 5.41) is 0. The Hall–Kier alpha value is -1.14. The van der Waals surface area contributed by atoms with E-state index in [9.17, 15) is 9.59 Å². The molecule has 0 saturated heterocycles. The van der Waals surface area contributed by atoms with E-state index in [-0.39, 0.29) is 30.9 Å². The van der Waals surface area contributed by atoms with Gasteiger partial charge in [0, 0.05) is 0 Å². The first kappa shape index (κ1) is 23.9. The maximum Gasteiger partial charge on any atom is 0.311 e. The molecule has 0 saturated carbocycles. The highest BCUT2D eigenvalue weighted by Crippen LogP contribution is 2.28. The second-order valence-electron chi connectivity index (χ2n) is 7.67. The molecule has 0 fully saturated rings. The SMILES string of the molecule is CCC(CC(C)(C)C(=O)OC)OCOC(CC)CC(C)(C)C(=O)OC. The molecule has 2 unspecified atom stereocenters. The molecule has 0 aliphatic rings. The average molecular weight is 360 g/mol. The largest absolute Gasteiger partial charge is 0.469 e. The first-order chi connectivity index (χ1) is 11.5. The monoisotopic (exact) mass is 360 g/mol. The second-order valence-corrected chi connectivity index (χ2v) is 7.67. The van der Waals surface area contributed by atoms with Crippen LogP contribution in [-0.4, -0.2) is 45.2 Å². The zero-order valence-corrected chi connectivity index (χ0v) is 17.1. The van der Waals surface area contributed by atoms with Crippen molar-refractivity contribution in [2.24, 2.45) is 10.8 Å². The van der Waals surface area contributed by atoms with Gasteiger partial charge in [-0.1, -0.05) is 13.8 Å². The highest BCUT2D eigenvalue weighted by atomic mass is 16.7. The molecular formula is C19H36O6. The first-order valence-electron chi connectivity index (χ1n) is 8.94. The summed E-state index contributed by atoms with van der Waals surface area (Å²) in [5.41, 5.74) is -1.21.